The summed E-state index contributed by atoms with van der Waals surface area (Å²) in [4.78, 5) is 24.8. The minimum absolute atomic E-state index is 0.259. The lowest BCUT2D eigenvalue weighted by molar-refractivity contribution is 0.0240. The fourth-order valence-electron chi connectivity index (χ4n) is 2.68. The lowest BCUT2D eigenvalue weighted by atomic mass is 10.2. The van der Waals surface area contributed by atoms with Gasteiger partial charge in [0.1, 0.15) is 5.60 Å². The highest BCUT2D eigenvalue weighted by molar-refractivity contribution is 9.10. The summed E-state index contributed by atoms with van der Waals surface area (Å²) in [5.41, 5.74) is 0.480. The van der Waals surface area contributed by atoms with Gasteiger partial charge >= 0.3 is 6.09 Å². The molecule has 3 rings (SSSR count). The number of carbonyl (C=O) groups excluding carboxylic acids is 1. The maximum atomic E-state index is 12.2. The zero-order valence-corrected chi connectivity index (χ0v) is 16.2. The van der Waals surface area contributed by atoms with Crippen LogP contribution in [0.4, 0.5) is 10.6 Å². The van der Waals surface area contributed by atoms with Crippen molar-refractivity contribution in [3.8, 4) is 5.69 Å². The largest absolute Gasteiger partial charge is 0.444 e. The van der Waals surface area contributed by atoms with Crippen LogP contribution >= 0.6 is 15.9 Å². The monoisotopic (exact) mass is 407 g/mol. The molecule has 1 amide bonds. The third-order valence-corrected chi connectivity index (χ3v) is 4.26. The number of halogens is 1. The fourth-order valence-corrected chi connectivity index (χ4v) is 3.00. The molecule has 2 aromatic rings. The van der Waals surface area contributed by atoms with Crippen LogP contribution in [0.5, 0.6) is 0 Å². The first-order valence-electron chi connectivity index (χ1n) is 8.20. The van der Waals surface area contributed by atoms with E-state index < -0.39 is 5.60 Å². The average molecular weight is 408 g/mol. The zero-order valence-electron chi connectivity index (χ0n) is 14.6. The van der Waals surface area contributed by atoms with Crippen LogP contribution < -0.4 is 4.90 Å². The second-order valence-corrected chi connectivity index (χ2v) is 7.84. The van der Waals surface area contributed by atoms with Gasteiger partial charge in [-0.25, -0.2) is 14.8 Å². The summed E-state index contributed by atoms with van der Waals surface area (Å²) in [6.07, 6.45) is 6.92. The summed E-state index contributed by atoms with van der Waals surface area (Å²) < 4.78 is 8.30. The van der Waals surface area contributed by atoms with Gasteiger partial charge in [-0.2, -0.15) is 0 Å². The number of pyridine rings is 1. The van der Waals surface area contributed by atoms with Gasteiger partial charge in [-0.1, -0.05) is 0 Å². The Hall–Kier alpha value is -2.09. The zero-order chi connectivity index (χ0) is 18.0. The van der Waals surface area contributed by atoms with E-state index in [0.29, 0.717) is 26.2 Å². The maximum Gasteiger partial charge on any atom is 0.410 e. The smallest absolute Gasteiger partial charge is 0.410 e. The van der Waals surface area contributed by atoms with E-state index >= 15 is 0 Å². The number of imidazole rings is 1. The second-order valence-electron chi connectivity index (χ2n) is 6.92. The number of carbonyl (C=O) groups is 1. The first kappa shape index (κ1) is 17.7. The Balaban J connectivity index is 1.73. The van der Waals surface area contributed by atoms with Crippen LogP contribution in [0.3, 0.4) is 0 Å². The summed E-state index contributed by atoms with van der Waals surface area (Å²) in [6, 6.07) is 2.02. The quantitative estimate of drug-likeness (QED) is 0.764. The minimum Gasteiger partial charge on any atom is -0.444 e. The Kier molecular flexibility index (Phi) is 4.99. The third kappa shape index (κ3) is 4.31. The van der Waals surface area contributed by atoms with E-state index in [2.05, 4.69) is 30.8 Å². The van der Waals surface area contributed by atoms with Crippen molar-refractivity contribution in [3.05, 3.63) is 35.5 Å². The van der Waals surface area contributed by atoms with Gasteiger partial charge < -0.3 is 19.1 Å². The molecule has 3 heterocycles. The Labute approximate surface area is 155 Å². The SMILES string of the molecule is CC(C)(C)OC(=O)N1CCN(c2ncc(Br)cc2-n2ccnc2)CC1. The molecule has 1 aliphatic rings. The number of nitrogens with zero attached hydrogens (tertiary/aromatic N) is 5. The van der Waals surface area contributed by atoms with Crippen molar-refractivity contribution >= 4 is 27.8 Å². The van der Waals surface area contributed by atoms with Crippen LogP contribution in [0.1, 0.15) is 20.8 Å². The van der Waals surface area contributed by atoms with E-state index in [1.54, 1.807) is 23.6 Å². The summed E-state index contributed by atoms with van der Waals surface area (Å²) >= 11 is 3.48. The molecule has 0 aromatic carbocycles. The summed E-state index contributed by atoms with van der Waals surface area (Å²) in [5.74, 6) is 0.880. The van der Waals surface area contributed by atoms with Crippen LogP contribution in [0.15, 0.2) is 35.5 Å². The third-order valence-electron chi connectivity index (χ3n) is 3.83. The number of hydrogen-bond acceptors (Lipinski definition) is 5. The van der Waals surface area contributed by atoms with Gasteiger partial charge in [0.05, 0.1) is 12.0 Å². The lowest BCUT2D eigenvalue weighted by Gasteiger charge is -2.36. The molecule has 8 heteroatoms. The van der Waals surface area contributed by atoms with Gasteiger partial charge in [-0.3, -0.25) is 0 Å². The highest BCUT2D eigenvalue weighted by Gasteiger charge is 2.27. The van der Waals surface area contributed by atoms with Gasteiger partial charge in [-0.15, -0.1) is 0 Å². The van der Waals surface area contributed by atoms with E-state index in [1.807, 2.05) is 37.6 Å². The minimum atomic E-state index is -0.476. The Bertz CT molecular complexity index is 734. The van der Waals surface area contributed by atoms with Crippen molar-refractivity contribution in [1.82, 2.24) is 19.4 Å². The van der Waals surface area contributed by atoms with E-state index in [1.165, 1.54) is 0 Å². The standard InChI is InChI=1S/C17H22BrN5O2/c1-17(2,3)25-16(24)22-8-6-21(7-9-22)15-14(10-13(18)11-20-15)23-5-4-19-12-23/h4-5,10-12H,6-9H2,1-3H3. The molecule has 0 bridgehead atoms. The Morgan fingerprint density at radius 2 is 1.96 bits per heavy atom. The summed E-state index contributed by atoms with van der Waals surface area (Å²) in [7, 11) is 0. The number of piperazine rings is 1. The number of rotatable bonds is 2. The number of anilines is 1. The predicted octanol–water partition coefficient (Wildman–Crippen LogP) is 3.09. The van der Waals surface area contributed by atoms with E-state index in [-0.39, 0.29) is 6.09 Å². The van der Waals surface area contributed by atoms with Crippen LogP contribution in [-0.2, 0) is 4.74 Å². The first-order valence-corrected chi connectivity index (χ1v) is 8.99. The first-order chi connectivity index (χ1) is 11.8. The molecule has 0 saturated carbocycles. The topological polar surface area (TPSA) is 63.5 Å². The molecule has 0 aliphatic carbocycles. The van der Waals surface area contributed by atoms with Crippen LogP contribution in [0.2, 0.25) is 0 Å². The van der Waals surface area contributed by atoms with Gasteiger partial charge in [0.25, 0.3) is 0 Å². The predicted molar refractivity (Wildman–Crippen MR) is 99.1 cm³/mol. The second kappa shape index (κ2) is 7.03. The van der Waals surface area contributed by atoms with Gasteiger partial charge in [0.15, 0.2) is 5.82 Å². The molecule has 25 heavy (non-hydrogen) atoms. The molecule has 1 saturated heterocycles. The summed E-state index contributed by atoms with van der Waals surface area (Å²) in [5, 5.41) is 0. The molecule has 0 radical (unpaired) electrons. The highest BCUT2D eigenvalue weighted by atomic mass is 79.9. The summed E-state index contributed by atoms with van der Waals surface area (Å²) in [6.45, 7) is 8.26. The fraction of sp³-hybridized carbons (Fsp3) is 0.471. The van der Waals surface area contributed by atoms with Crippen molar-refractivity contribution in [2.45, 2.75) is 26.4 Å². The van der Waals surface area contributed by atoms with Crippen LogP contribution in [-0.4, -0.2) is 57.3 Å². The van der Waals surface area contributed by atoms with Crippen molar-refractivity contribution < 1.29 is 9.53 Å². The molecule has 0 spiro atoms. The number of ether oxygens (including phenoxy) is 1. The van der Waals surface area contributed by atoms with Crippen molar-refractivity contribution in [3.63, 3.8) is 0 Å². The maximum absolute atomic E-state index is 12.2. The highest BCUT2D eigenvalue weighted by Crippen LogP contribution is 2.26. The molecule has 0 atom stereocenters. The van der Waals surface area contributed by atoms with E-state index in [0.717, 1.165) is 16.0 Å². The Morgan fingerprint density at radius 1 is 1.24 bits per heavy atom. The number of hydrogen-bond donors (Lipinski definition) is 0. The van der Waals surface area contributed by atoms with Crippen molar-refractivity contribution in [2.24, 2.45) is 0 Å². The number of amides is 1. The molecule has 1 aliphatic heterocycles. The van der Waals surface area contributed by atoms with E-state index in [4.69, 9.17) is 4.74 Å². The van der Waals surface area contributed by atoms with Crippen molar-refractivity contribution in [1.29, 1.82) is 0 Å². The average Bonchev–Trinajstić information content (AvgIpc) is 3.08. The molecule has 1 fully saturated rings. The molecule has 0 unspecified atom stereocenters. The lowest BCUT2D eigenvalue weighted by Crippen LogP contribution is -2.50. The van der Waals surface area contributed by atoms with Gasteiger partial charge in [-0.05, 0) is 42.8 Å². The molecular weight excluding hydrogens is 386 g/mol. The van der Waals surface area contributed by atoms with E-state index in [9.17, 15) is 4.79 Å². The molecule has 2 aromatic heterocycles. The van der Waals surface area contributed by atoms with Gasteiger partial charge in [0.2, 0.25) is 0 Å². The normalized spacial score (nSPS) is 15.4. The van der Waals surface area contributed by atoms with Gasteiger partial charge in [0, 0.05) is 49.2 Å². The molecular formula is C17H22BrN5O2. The van der Waals surface area contributed by atoms with Crippen LogP contribution in [0.25, 0.3) is 5.69 Å². The molecule has 7 nitrogen and oxygen atoms in total. The Morgan fingerprint density at radius 3 is 2.56 bits per heavy atom. The van der Waals surface area contributed by atoms with Crippen molar-refractivity contribution in [2.75, 3.05) is 31.1 Å². The van der Waals surface area contributed by atoms with Crippen LogP contribution in [0, 0.1) is 0 Å². The number of aromatic nitrogens is 3. The molecule has 134 valence electrons. The molecule has 0 N–H and O–H groups in total.